The van der Waals surface area contributed by atoms with Crippen LogP contribution in [0.2, 0.25) is 5.02 Å². The van der Waals surface area contributed by atoms with Gasteiger partial charge in [-0.1, -0.05) is 66.7 Å². The minimum Gasteiger partial charge on any atom is -0.445 e. The number of rotatable bonds is 11. The number of imide groups is 3. The number of amides is 7. The Morgan fingerprint density at radius 3 is 2.44 bits per heavy atom. The molecule has 4 aromatic carbocycles. The number of halogens is 1. The van der Waals surface area contributed by atoms with Crippen molar-refractivity contribution in [3.63, 3.8) is 0 Å². The standard InChI is InChI=1S/C41H39ClN6O7/c1-4-43-30-14-10-26(11-15-30)24-55-41(54)46(3)22-28-7-5-6-8-32(28)38(51)48-36(49)18-17-35(39(48)52)47-23-29-19-27(12-16-33(29)37(47)50)21-44-40(53)45-31-13-9-25(2)34(42)20-31/h4-16,19-20,35,43H,1,17-18,21-24H2,2-3H3,(H2,44,45,53). The summed E-state index contributed by atoms with van der Waals surface area (Å²) >= 11 is 6.16. The molecule has 0 aromatic heterocycles. The number of fused-ring (bicyclic) bond motifs is 1. The van der Waals surface area contributed by atoms with Crippen molar-refractivity contribution in [3.05, 3.63) is 142 Å². The lowest BCUT2D eigenvalue weighted by Crippen LogP contribution is -2.56. The van der Waals surface area contributed by atoms with E-state index in [1.807, 2.05) is 31.2 Å². The number of likely N-dealkylation sites (tertiary alicyclic amines) is 1. The molecule has 0 bridgehead atoms. The molecular weight excluding hydrogens is 724 g/mol. The Labute approximate surface area is 322 Å². The van der Waals surface area contributed by atoms with Crippen molar-refractivity contribution in [2.75, 3.05) is 17.7 Å². The lowest BCUT2D eigenvalue weighted by Gasteiger charge is -2.34. The molecule has 1 unspecified atom stereocenters. The Kier molecular flexibility index (Phi) is 11.6. The first-order valence-corrected chi connectivity index (χ1v) is 17.9. The lowest BCUT2D eigenvalue weighted by atomic mass is 9.99. The van der Waals surface area contributed by atoms with Gasteiger partial charge in [0.25, 0.3) is 17.7 Å². The molecule has 13 nitrogen and oxygen atoms in total. The van der Waals surface area contributed by atoms with Crippen molar-refractivity contribution in [3.8, 4) is 0 Å². The summed E-state index contributed by atoms with van der Waals surface area (Å²) in [5, 5.41) is 9.02. The van der Waals surface area contributed by atoms with Gasteiger partial charge in [0, 0.05) is 60.6 Å². The van der Waals surface area contributed by atoms with E-state index in [-0.39, 0.29) is 44.6 Å². The highest BCUT2D eigenvalue weighted by Crippen LogP contribution is 2.31. The SMILES string of the molecule is C=CNc1ccc(COC(=O)N(C)Cc2ccccc2C(=O)N2C(=O)CCC(N3Cc4cc(CNC(=O)Nc5ccc(C)c(Cl)c5)ccc4C3=O)C2=O)cc1. The fourth-order valence-corrected chi connectivity index (χ4v) is 6.61. The van der Waals surface area contributed by atoms with Crippen LogP contribution in [-0.4, -0.2) is 63.5 Å². The second kappa shape index (κ2) is 16.7. The summed E-state index contributed by atoms with van der Waals surface area (Å²) in [6, 6.07) is 22.5. The van der Waals surface area contributed by atoms with Gasteiger partial charge in [-0.3, -0.25) is 19.2 Å². The summed E-state index contributed by atoms with van der Waals surface area (Å²) in [5.41, 5.74) is 5.28. The summed E-state index contributed by atoms with van der Waals surface area (Å²) in [4.78, 5) is 83.3. The number of carbonyl (C=O) groups is 6. The van der Waals surface area contributed by atoms with E-state index in [0.717, 1.165) is 22.4 Å². The maximum atomic E-state index is 13.9. The van der Waals surface area contributed by atoms with Gasteiger partial charge in [-0.15, -0.1) is 0 Å². The van der Waals surface area contributed by atoms with Crippen LogP contribution in [-0.2, 0) is 40.6 Å². The first kappa shape index (κ1) is 38.3. The molecule has 1 fully saturated rings. The first-order chi connectivity index (χ1) is 26.4. The normalized spacial score (nSPS) is 15.0. The molecule has 14 heteroatoms. The number of nitrogens with one attached hydrogen (secondary N) is 3. The Hall–Kier alpha value is -6.47. The van der Waals surface area contributed by atoms with Gasteiger partial charge in [0.2, 0.25) is 5.91 Å². The van der Waals surface area contributed by atoms with Crippen LogP contribution in [0.3, 0.4) is 0 Å². The topological polar surface area (TPSA) is 157 Å². The van der Waals surface area contributed by atoms with Crippen molar-refractivity contribution in [2.45, 2.75) is 52.0 Å². The van der Waals surface area contributed by atoms with Crippen LogP contribution >= 0.6 is 11.6 Å². The third-order valence-electron chi connectivity index (χ3n) is 9.40. The Balaban J connectivity index is 1.08. The largest absolute Gasteiger partial charge is 0.445 e. The average Bonchev–Trinajstić information content (AvgIpc) is 3.50. The molecule has 1 atom stereocenters. The summed E-state index contributed by atoms with van der Waals surface area (Å²) in [5.74, 6) is -2.71. The highest BCUT2D eigenvalue weighted by molar-refractivity contribution is 6.31. The molecule has 2 heterocycles. The second-order valence-corrected chi connectivity index (χ2v) is 13.6. The van der Waals surface area contributed by atoms with Gasteiger partial charge in [-0.05, 0) is 83.8 Å². The van der Waals surface area contributed by atoms with E-state index in [9.17, 15) is 28.8 Å². The van der Waals surface area contributed by atoms with E-state index in [4.69, 9.17) is 16.3 Å². The van der Waals surface area contributed by atoms with Gasteiger partial charge < -0.3 is 30.5 Å². The van der Waals surface area contributed by atoms with Gasteiger partial charge in [-0.2, -0.15) is 0 Å². The molecule has 7 amide bonds. The predicted molar refractivity (Wildman–Crippen MR) is 206 cm³/mol. The zero-order valence-electron chi connectivity index (χ0n) is 30.3. The maximum absolute atomic E-state index is 13.9. The zero-order chi connectivity index (χ0) is 39.2. The van der Waals surface area contributed by atoms with E-state index >= 15 is 0 Å². The van der Waals surface area contributed by atoms with Crippen molar-refractivity contribution in [1.82, 2.24) is 20.0 Å². The molecule has 2 aliphatic rings. The van der Waals surface area contributed by atoms with E-state index in [1.165, 1.54) is 22.9 Å². The van der Waals surface area contributed by atoms with Crippen LogP contribution in [0.15, 0.2) is 97.7 Å². The number of aryl methyl sites for hydroxylation is 1. The maximum Gasteiger partial charge on any atom is 0.410 e. The monoisotopic (exact) mass is 762 g/mol. The third kappa shape index (κ3) is 8.68. The average molecular weight is 763 g/mol. The molecule has 0 spiro atoms. The van der Waals surface area contributed by atoms with Gasteiger partial charge in [0.1, 0.15) is 12.6 Å². The van der Waals surface area contributed by atoms with E-state index in [2.05, 4.69) is 22.5 Å². The number of piperidine rings is 1. The number of ether oxygens (including phenoxy) is 1. The molecule has 0 aliphatic carbocycles. The van der Waals surface area contributed by atoms with Crippen LogP contribution < -0.4 is 16.0 Å². The van der Waals surface area contributed by atoms with Gasteiger partial charge in [0.15, 0.2) is 0 Å². The van der Waals surface area contributed by atoms with Crippen molar-refractivity contribution in [2.24, 2.45) is 0 Å². The summed E-state index contributed by atoms with van der Waals surface area (Å²) in [7, 11) is 1.52. The fraction of sp³-hybridized carbons (Fsp3) is 0.220. The van der Waals surface area contributed by atoms with Crippen LogP contribution in [0.1, 0.15) is 61.4 Å². The molecule has 6 rings (SSSR count). The van der Waals surface area contributed by atoms with Gasteiger partial charge >= 0.3 is 12.1 Å². The minimum absolute atomic E-state index is 0.0231. The minimum atomic E-state index is -1.05. The number of anilines is 2. The molecule has 55 heavy (non-hydrogen) atoms. The molecular formula is C41H39ClN6O7. The number of nitrogens with zero attached hydrogens (tertiary/aromatic N) is 3. The highest BCUT2D eigenvalue weighted by atomic mass is 35.5. The summed E-state index contributed by atoms with van der Waals surface area (Å²) in [6.45, 7) is 5.72. The summed E-state index contributed by atoms with van der Waals surface area (Å²) < 4.78 is 5.46. The zero-order valence-corrected chi connectivity index (χ0v) is 31.0. The predicted octanol–water partition coefficient (Wildman–Crippen LogP) is 6.61. The smallest absolute Gasteiger partial charge is 0.410 e. The molecule has 282 valence electrons. The third-order valence-corrected chi connectivity index (χ3v) is 9.81. The fourth-order valence-electron chi connectivity index (χ4n) is 6.43. The molecule has 0 radical (unpaired) electrons. The number of hydrogen-bond acceptors (Lipinski definition) is 8. The van der Waals surface area contributed by atoms with Gasteiger partial charge in [0.05, 0.1) is 0 Å². The first-order valence-electron chi connectivity index (χ1n) is 17.5. The quantitative estimate of drug-likeness (QED) is 0.144. The second-order valence-electron chi connectivity index (χ2n) is 13.2. The van der Waals surface area contributed by atoms with Crippen LogP contribution in [0.5, 0.6) is 0 Å². The van der Waals surface area contributed by atoms with Crippen LogP contribution in [0.25, 0.3) is 0 Å². The molecule has 3 N–H and O–H groups in total. The molecule has 0 saturated carbocycles. The van der Waals surface area contributed by atoms with E-state index in [1.54, 1.807) is 60.8 Å². The molecule has 2 aliphatic heterocycles. The number of carbonyl (C=O) groups excluding carboxylic acids is 6. The van der Waals surface area contributed by atoms with Crippen molar-refractivity contribution >= 4 is 58.7 Å². The molecule has 1 saturated heterocycles. The number of urea groups is 1. The highest BCUT2D eigenvalue weighted by Gasteiger charge is 2.45. The van der Waals surface area contributed by atoms with E-state index < -0.39 is 41.8 Å². The summed E-state index contributed by atoms with van der Waals surface area (Å²) in [6.07, 6.45) is 0.852. The Bertz CT molecular complexity index is 2190. The number of benzene rings is 4. The van der Waals surface area contributed by atoms with Crippen LogP contribution in [0, 0.1) is 6.92 Å². The molecule has 4 aromatic rings. The number of hydrogen-bond donors (Lipinski definition) is 3. The van der Waals surface area contributed by atoms with Crippen molar-refractivity contribution < 1.29 is 33.5 Å². The van der Waals surface area contributed by atoms with Crippen molar-refractivity contribution in [1.29, 1.82) is 0 Å². The van der Waals surface area contributed by atoms with Gasteiger partial charge in [-0.25, -0.2) is 14.5 Å². The van der Waals surface area contributed by atoms with Crippen LogP contribution in [0.4, 0.5) is 21.0 Å². The van der Waals surface area contributed by atoms with E-state index in [0.29, 0.717) is 32.3 Å². The lowest BCUT2D eigenvalue weighted by molar-refractivity contribution is -0.148. The Morgan fingerprint density at radius 2 is 1.69 bits per heavy atom. The Morgan fingerprint density at radius 1 is 0.964 bits per heavy atom.